The second-order valence-electron chi connectivity index (χ2n) is 4.53. The molecule has 1 aliphatic rings. The summed E-state index contributed by atoms with van der Waals surface area (Å²) in [4.78, 5) is 0. The lowest BCUT2D eigenvalue weighted by Crippen LogP contribution is -2.32. The number of nitrogens with one attached hydrogen (secondary N) is 1. The average molecular weight is 205 g/mol. The van der Waals surface area contributed by atoms with Crippen molar-refractivity contribution in [3.63, 3.8) is 0 Å². The molecule has 2 unspecified atom stereocenters. The van der Waals surface area contributed by atoms with Gasteiger partial charge in [0.15, 0.2) is 0 Å². The molecular formula is C13H19NO. The number of fused-ring (bicyclic) bond motifs is 1. The predicted octanol–water partition coefficient (Wildman–Crippen LogP) is 2.59. The third-order valence-electron chi connectivity index (χ3n) is 3.34. The van der Waals surface area contributed by atoms with Crippen molar-refractivity contribution in [3.8, 4) is 5.75 Å². The molecule has 1 N–H and O–H groups in total. The van der Waals surface area contributed by atoms with Gasteiger partial charge in [0.1, 0.15) is 5.75 Å². The predicted molar refractivity (Wildman–Crippen MR) is 62.4 cm³/mol. The lowest BCUT2D eigenvalue weighted by molar-refractivity contribution is 0.193. The largest absolute Gasteiger partial charge is 0.493 e. The summed E-state index contributed by atoms with van der Waals surface area (Å²) in [6.07, 6.45) is 0. The van der Waals surface area contributed by atoms with E-state index in [1.807, 2.05) is 7.05 Å². The Bertz CT molecular complexity index is 373. The molecule has 15 heavy (non-hydrogen) atoms. The summed E-state index contributed by atoms with van der Waals surface area (Å²) in [5, 5.41) is 3.38. The minimum Gasteiger partial charge on any atom is -0.493 e. The van der Waals surface area contributed by atoms with E-state index < -0.39 is 0 Å². The fourth-order valence-electron chi connectivity index (χ4n) is 2.24. The Morgan fingerprint density at radius 2 is 1.93 bits per heavy atom. The van der Waals surface area contributed by atoms with Crippen molar-refractivity contribution in [1.29, 1.82) is 0 Å². The smallest absolute Gasteiger partial charge is 0.124 e. The summed E-state index contributed by atoms with van der Waals surface area (Å²) in [5.74, 6) is 1.58. The van der Waals surface area contributed by atoms with Gasteiger partial charge in [-0.2, -0.15) is 0 Å². The molecule has 1 heterocycles. The maximum absolute atomic E-state index is 5.76. The van der Waals surface area contributed by atoms with Crippen molar-refractivity contribution in [3.05, 3.63) is 28.8 Å². The zero-order valence-electron chi connectivity index (χ0n) is 9.92. The fourth-order valence-corrected chi connectivity index (χ4v) is 2.24. The van der Waals surface area contributed by atoms with E-state index >= 15 is 0 Å². The first-order valence-electron chi connectivity index (χ1n) is 5.54. The van der Waals surface area contributed by atoms with E-state index in [4.69, 9.17) is 4.74 Å². The van der Waals surface area contributed by atoms with Crippen LogP contribution in [0, 0.1) is 19.8 Å². The number of hydrogen-bond acceptors (Lipinski definition) is 2. The SMILES string of the molecule is CNC1c2cc(C)c(C)cc2OCC1C. The highest BCUT2D eigenvalue weighted by atomic mass is 16.5. The molecule has 0 aliphatic carbocycles. The first kappa shape index (κ1) is 10.5. The topological polar surface area (TPSA) is 21.3 Å². The van der Waals surface area contributed by atoms with Gasteiger partial charge in [0.2, 0.25) is 0 Å². The Hall–Kier alpha value is -1.02. The summed E-state index contributed by atoms with van der Waals surface area (Å²) < 4.78 is 5.76. The summed E-state index contributed by atoms with van der Waals surface area (Å²) in [7, 11) is 2.02. The highest BCUT2D eigenvalue weighted by Gasteiger charge is 2.26. The number of rotatable bonds is 1. The van der Waals surface area contributed by atoms with Crippen molar-refractivity contribution in [2.75, 3.05) is 13.7 Å². The molecule has 1 aromatic rings. The zero-order valence-corrected chi connectivity index (χ0v) is 9.92. The minimum atomic E-state index is 0.424. The minimum absolute atomic E-state index is 0.424. The molecule has 82 valence electrons. The van der Waals surface area contributed by atoms with Crippen LogP contribution in [0.25, 0.3) is 0 Å². The molecular weight excluding hydrogens is 186 g/mol. The molecule has 0 radical (unpaired) electrons. The number of aryl methyl sites for hydroxylation is 2. The van der Waals surface area contributed by atoms with Gasteiger partial charge in [0.25, 0.3) is 0 Å². The van der Waals surface area contributed by atoms with E-state index in [9.17, 15) is 0 Å². The molecule has 2 rings (SSSR count). The van der Waals surface area contributed by atoms with Gasteiger partial charge in [-0.1, -0.05) is 13.0 Å². The first-order chi connectivity index (χ1) is 7.13. The third kappa shape index (κ3) is 1.74. The standard InChI is InChI=1S/C13H19NO/c1-8-5-11-12(6-9(8)2)15-7-10(3)13(11)14-4/h5-6,10,13-14H,7H2,1-4H3. The van der Waals surface area contributed by atoms with Crippen molar-refractivity contribution in [1.82, 2.24) is 5.32 Å². The molecule has 0 bridgehead atoms. The summed E-state index contributed by atoms with van der Waals surface area (Å²) in [5.41, 5.74) is 3.95. The first-order valence-corrected chi connectivity index (χ1v) is 5.54. The molecule has 2 heteroatoms. The monoisotopic (exact) mass is 205 g/mol. The van der Waals surface area contributed by atoms with Crippen LogP contribution in [0.3, 0.4) is 0 Å². The molecule has 1 aromatic carbocycles. The Morgan fingerprint density at radius 1 is 1.27 bits per heavy atom. The van der Waals surface area contributed by atoms with Crippen LogP contribution in [-0.4, -0.2) is 13.7 Å². The van der Waals surface area contributed by atoms with Crippen molar-refractivity contribution in [2.24, 2.45) is 5.92 Å². The van der Waals surface area contributed by atoms with E-state index in [0.717, 1.165) is 12.4 Å². The zero-order chi connectivity index (χ0) is 11.0. The van der Waals surface area contributed by atoms with Crippen LogP contribution in [0.15, 0.2) is 12.1 Å². The normalized spacial score (nSPS) is 24.5. The van der Waals surface area contributed by atoms with Crippen LogP contribution in [-0.2, 0) is 0 Å². The summed E-state index contributed by atoms with van der Waals surface area (Å²) in [6.45, 7) is 7.31. The molecule has 0 fully saturated rings. The number of ether oxygens (including phenoxy) is 1. The van der Waals surface area contributed by atoms with Crippen LogP contribution >= 0.6 is 0 Å². The Balaban J connectivity index is 2.48. The van der Waals surface area contributed by atoms with Gasteiger partial charge < -0.3 is 10.1 Å². The van der Waals surface area contributed by atoms with Gasteiger partial charge in [0, 0.05) is 17.5 Å². The van der Waals surface area contributed by atoms with E-state index in [1.54, 1.807) is 0 Å². The summed E-state index contributed by atoms with van der Waals surface area (Å²) >= 11 is 0. The highest BCUT2D eigenvalue weighted by Crippen LogP contribution is 2.36. The van der Waals surface area contributed by atoms with E-state index in [0.29, 0.717) is 12.0 Å². The molecule has 0 spiro atoms. The number of benzene rings is 1. The third-order valence-corrected chi connectivity index (χ3v) is 3.34. The van der Waals surface area contributed by atoms with Crippen molar-refractivity contribution in [2.45, 2.75) is 26.8 Å². The molecule has 0 aromatic heterocycles. The lowest BCUT2D eigenvalue weighted by atomic mass is 9.90. The van der Waals surface area contributed by atoms with Crippen molar-refractivity contribution < 1.29 is 4.74 Å². The Kier molecular flexibility index (Phi) is 2.70. The van der Waals surface area contributed by atoms with Crippen LogP contribution in [0.1, 0.15) is 29.7 Å². The number of hydrogen-bond donors (Lipinski definition) is 1. The maximum atomic E-state index is 5.76. The Morgan fingerprint density at radius 3 is 2.60 bits per heavy atom. The van der Waals surface area contributed by atoms with Crippen LogP contribution in [0.4, 0.5) is 0 Å². The second kappa shape index (κ2) is 3.86. The van der Waals surface area contributed by atoms with E-state index in [1.165, 1.54) is 16.7 Å². The van der Waals surface area contributed by atoms with Gasteiger partial charge >= 0.3 is 0 Å². The second-order valence-corrected chi connectivity index (χ2v) is 4.53. The molecule has 0 saturated carbocycles. The average Bonchev–Trinajstić information content (AvgIpc) is 2.21. The van der Waals surface area contributed by atoms with Gasteiger partial charge in [0.05, 0.1) is 6.61 Å². The quantitative estimate of drug-likeness (QED) is 0.761. The van der Waals surface area contributed by atoms with Crippen LogP contribution < -0.4 is 10.1 Å². The molecule has 2 nitrogen and oxygen atoms in total. The molecule has 1 aliphatic heterocycles. The van der Waals surface area contributed by atoms with Crippen LogP contribution in [0.2, 0.25) is 0 Å². The van der Waals surface area contributed by atoms with Crippen LogP contribution in [0.5, 0.6) is 5.75 Å². The highest BCUT2D eigenvalue weighted by molar-refractivity contribution is 5.44. The van der Waals surface area contributed by atoms with Gasteiger partial charge in [-0.15, -0.1) is 0 Å². The molecule has 0 amide bonds. The van der Waals surface area contributed by atoms with Gasteiger partial charge in [-0.3, -0.25) is 0 Å². The van der Waals surface area contributed by atoms with Crippen molar-refractivity contribution >= 4 is 0 Å². The van der Waals surface area contributed by atoms with Gasteiger partial charge in [-0.25, -0.2) is 0 Å². The lowest BCUT2D eigenvalue weighted by Gasteiger charge is -2.32. The maximum Gasteiger partial charge on any atom is 0.124 e. The molecule has 0 saturated heterocycles. The van der Waals surface area contributed by atoms with E-state index in [-0.39, 0.29) is 0 Å². The molecule has 2 atom stereocenters. The van der Waals surface area contributed by atoms with Gasteiger partial charge in [-0.05, 0) is 38.1 Å². The fraction of sp³-hybridized carbons (Fsp3) is 0.538. The summed E-state index contributed by atoms with van der Waals surface area (Å²) in [6, 6.07) is 4.83. The van der Waals surface area contributed by atoms with E-state index in [2.05, 4.69) is 38.2 Å². The Labute approximate surface area is 91.6 Å².